The molecule has 0 fully saturated rings. The van der Waals surface area contributed by atoms with E-state index in [2.05, 4.69) is 26.0 Å². The van der Waals surface area contributed by atoms with Crippen LogP contribution in [0.2, 0.25) is 0 Å². The van der Waals surface area contributed by atoms with E-state index in [0.717, 1.165) is 4.47 Å². The van der Waals surface area contributed by atoms with Gasteiger partial charge < -0.3 is 10.1 Å². The number of carbonyl (C=O) groups excluding carboxylic acids is 3. The smallest absolute Gasteiger partial charge is 0.328 e. The highest BCUT2D eigenvalue weighted by atomic mass is 79.9. The van der Waals surface area contributed by atoms with Crippen molar-refractivity contribution in [2.45, 2.75) is 19.4 Å². The number of methoxy groups -OCH3 is 1. The lowest BCUT2D eigenvalue weighted by atomic mass is 10.0. The van der Waals surface area contributed by atoms with Crippen molar-refractivity contribution in [1.29, 1.82) is 0 Å². The molecular formula is C13H14BrNO4. The highest BCUT2D eigenvalue weighted by molar-refractivity contribution is 9.10. The van der Waals surface area contributed by atoms with Gasteiger partial charge in [-0.05, 0) is 12.1 Å². The Morgan fingerprint density at radius 2 is 1.84 bits per heavy atom. The number of ether oxygens (including phenoxy) is 1. The van der Waals surface area contributed by atoms with Crippen LogP contribution in [-0.4, -0.2) is 30.8 Å². The van der Waals surface area contributed by atoms with Crippen molar-refractivity contribution in [3.63, 3.8) is 0 Å². The highest BCUT2D eigenvalue weighted by Gasteiger charge is 2.23. The first-order valence-corrected chi connectivity index (χ1v) is 6.37. The Balaban J connectivity index is 2.78. The highest BCUT2D eigenvalue weighted by Crippen LogP contribution is 2.13. The molecule has 0 aliphatic heterocycles. The van der Waals surface area contributed by atoms with Gasteiger partial charge in [-0.2, -0.15) is 0 Å². The minimum atomic E-state index is -0.960. The molecule has 102 valence electrons. The molecule has 5 nitrogen and oxygen atoms in total. The van der Waals surface area contributed by atoms with Gasteiger partial charge in [0.1, 0.15) is 6.04 Å². The molecule has 1 atom stereocenters. The fourth-order valence-corrected chi connectivity index (χ4v) is 1.78. The zero-order chi connectivity index (χ0) is 14.4. The van der Waals surface area contributed by atoms with Gasteiger partial charge in [0.2, 0.25) is 5.91 Å². The van der Waals surface area contributed by atoms with E-state index in [-0.39, 0.29) is 18.1 Å². The average molecular weight is 328 g/mol. The van der Waals surface area contributed by atoms with Crippen molar-refractivity contribution in [3.05, 3.63) is 34.3 Å². The minimum Gasteiger partial charge on any atom is -0.467 e. The normalized spacial score (nSPS) is 11.5. The molecule has 1 rings (SSSR count). The Hall–Kier alpha value is -1.69. The molecule has 0 aromatic heterocycles. The number of ketones is 1. The van der Waals surface area contributed by atoms with Gasteiger partial charge in [-0.25, -0.2) is 4.79 Å². The van der Waals surface area contributed by atoms with Gasteiger partial charge in [-0.15, -0.1) is 0 Å². The third-order valence-electron chi connectivity index (χ3n) is 2.42. The fourth-order valence-electron chi connectivity index (χ4n) is 1.52. The number of carbonyl (C=O) groups is 3. The van der Waals surface area contributed by atoms with Crippen LogP contribution >= 0.6 is 15.9 Å². The Labute approximate surface area is 119 Å². The summed E-state index contributed by atoms with van der Waals surface area (Å²) in [6.45, 7) is 1.28. The molecule has 19 heavy (non-hydrogen) atoms. The molecule has 1 N–H and O–H groups in total. The van der Waals surface area contributed by atoms with E-state index in [9.17, 15) is 14.4 Å². The molecule has 0 bridgehead atoms. The number of hydrogen-bond acceptors (Lipinski definition) is 4. The summed E-state index contributed by atoms with van der Waals surface area (Å²) < 4.78 is 5.41. The number of nitrogens with one attached hydrogen (secondary N) is 1. The quantitative estimate of drug-likeness (QED) is 0.660. The lowest BCUT2D eigenvalue weighted by Gasteiger charge is -2.14. The largest absolute Gasteiger partial charge is 0.467 e. The Morgan fingerprint density at radius 1 is 1.26 bits per heavy atom. The van der Waals surface area contributed by atoms with Crippen LogP contribution < -0.4 is 5.32 Å². The minimum absolute atomic E-state index is 0.131. The van der Waals surface area contributed by atoms with Gasteiger partial charge in [0.05, 0.1) is 7.11 Å². The van der Waals surface area contributed by atoms with E-state index < -0.39 is 12.0 Å². The van der Waals surface area contributed by atoms with Gasteiger partial charge in [-0.3, -0.25) is 9.59 Å². The number of esters is 1. The predicted molar refractivity (Wildman–Crippen MR) is 72.7 cm³/mol. The van der Waals surface area contributed by atoms with E-state index in [1.165, 1.54) is 14.0 Å². The van der Waals surface area contributed by atoms with Crippen LogP contribution in [0, 0.1) is 0 Å². The molecule has 6 heteroatoms. The first kappa shape index (κ1) is 15.4. The second-order valence-corrected chi connectivity index (χ2v) is 4.83. The summed E-state index contributed by atoms with van der Waals surface area (Å²) in [5, 5.41) is 2.40. The Bertz CT molecular complexity index is 484. The molecule has 0 saturated carbocycles. The Kier molecular flexibility index (Phi) is 5.69. The van der Waals surface area contributed by atoms with Crippen molar-refractivity contribution < 1.29 is 19.1 Å². The summed E-state index contributed by atoms with van der Waals surface area (Å²) in [7, 11) is 1.21. The summed E-state index contributed by atoms with van der Waals surface area (Å²) in [6.07, 6.45) is -0.131. The molecule has 1 aromatic carbocycles. The van der Waals surface area contributed by atoms with E-state index in [1.807, 2.05) is 0 Å². The molecule has 0 saturated heterocycles. The van der Waals surface area contributed by atoms with Crippen molar-refractivity contribution in [2.24, 2.45) is 0 Å². The predicted octanol–water partition coefficient (Wildman–Crippen LogP) is 1.70. The van der Waals surface area contributed by atoms with Crippen LogP contribution in [0.1, 0.15) is 23.7 Å². The molecule has 0 spiro atoms. The third kappa shape index (κ3) is 4.82. The van der Waals surface area contributed by atoms with E-state index in [4.69, 9.17) is 0 Å². The SMILES string of the molecule is COC(=O)[C@H](CC(=O)c1ccc(Br)cc1)NC(C)=O. The number of amides is 1. The maximum Gasteiger partial charge on any atom is 0.328 e. The number of benzene rings is 1. The maximum atomic E-state index is 12.0. The number of hydrogen-bond donors (Lipinski definition) is 1. The van der Waals surface area contributed by atoms with Crippen LogP contribution in [0.4, 0.5) is 0 Å². The summed E-state index contributed by atoms with van der Waals surface area (Å²) in [4.78, 5) is 34.5. The summed E-state index contributed by atoms with van der Waals surface area (Å²) in [5.41, 5.74) is 0.474. The van der Waals surface area contributed by atoms with Crippen LogP contribution in [0.25, 0.3) is 0 Å². The van der Waals surface area contributed by atoms with Crippen molar-refractivity contribution in [1.82, 2.24) is 5.32 Å². The zero-order valence-electron chi connectivity index (χ0n) is 10.6. The molecule has 1 amide bonds. The fraction of sp³-hybridized carbons (Fsp3) is 0.308. The van der Waals surface area contributed by atoms with E-state index in [0.29, 0.717) is 5.56 Å². The molecule has 0 radical (unpaired) electrons. The van der Waals surface area contributed by atoms with Crippen LogP contribution in [-0.2, 0) is 14.3 Å². The van der Waals surface area contributed by atoms with Crippen LogP contribution in [0.5, 0.6) is 0 Å². The van der Waals surface area contributed by atoms with Gasteiger partial charge in [0.15, 0.2) is 5.78 Å². The summed E-state index contributed by atoms with van der Waals surface area (Å²) in [5.74, 6) is -1.27. The van der Waals surface area contributed by atoms with E-state index >= 15 is 0 Å². The third-order valence-corrected chi connectivity index (χ3v) is 2.95. The molecule has 0 aliphatic carbocycles. The van der Waals surface area contributed by atoms with Gasteiger partial charge in [0.25, 0.3) is 0 Å². The molecule has 1 aromatic rings. The first-order valence-electron chi connectivity index (χ1n) is 5.57. The van der Waals surface area contributed by atoms with E-state index in [1.54, 1.807) is 24.3 Å². The number of rotatable bonds is 5. The number of halogens is 1. The topological polar surface area (TPSA) is 72.5 Å². The molecule has 0 unspecified atom stereocenters. The van der Waals surface area contributed by atoms with Crippen molar-refractivity contribution >= 4 is 33.6 Å². The lowest BCUT2D eigenvalue weighted by Crippen LogP contribution is -2.41. The summed E-state index contributed by atoms with van der Waals surface area (Å²) in [6, 6.07) is 5.80. The first-order chi connectivity index (χ1) is 8.93. The second kappa shape index (κ2) is 7.04. The summed E-state index contributed by atoms with van der Waals surface area (Å²) >= 11 is 3.27. The standard InChI is InChI=1S/C13H14BrNO4/c1-8(16)15-11(13(18)19-2)7-12(17)9-3-5-10(14)6-4-9/h3-6,11H,7H2,1-2H3,(H,15,16)/t11-/m0/s1. The van der Waals surface area contributed by atoms with Crippen molar-refractivity contribution in [2.75, 3.05) is 7.11 Å². The van der Waals surface area contributed by atoms with Crippen LogP contribution in [0.15, 0.2) is 28.7 Å². The van der Waals surface area contributed by atoms with Gasteiger partial charge in [0, 0.05) is 23.4 Å². The molecule has 0 heterocycles. The second-order valence-electron chi connectivity index (χ2n) is 3.91. The lowest BCUT2D eigenvalue weighted by molar-refractivity contribution is -0.144. The van der Waals surface area contributed by atoms with Gasteiger partial charge in [-0.1, -0.05) is 28.1 Å². The molecule has 0 aliphatic rings. The van der Waals surface area contributed by atoms with Crippen LogP contribution in [0.3, 0.4) is 0 Å². The average Bonchev–Trinajstić information content (AvgIpc) is 2.37. The van der Waals surface area contributed by atoms with Crippen molar-refractivity contribution in [3.8, 4) is 0 Å². The maximum absolute atomic E-state index is 12.0. The molecular weight excluding hydrogens is 314 g/mol. The zero-order valence-corrected chi connectivity index (χ0v) is 12.2. The number of Topliss-reactive ketones (excluding diaryl/α,β-unsaturated/α-hetero) is 1. The van der Waals surface area contributed by atoms with Gasteiger partial charge >= 0.3 is 5.97 Å². The monoisotopic (exact) mass is 327 g/mol. The Morgan fingerprint density at radius 3 is 2.32 bits per heavy atom.